The fourth-order valence-electron chi connectivity index (χ4n) is 3.96. The third kappa shape index (κ3) is 3.06. The van der Waals surface area contributed by atoms with Crippen LogP contribution in [0.1, 0.15) is 45.7 Å². The number of rotatable bonds is 4. The molecule has 0 bridgehead atoms. The van der Waals surface area contributed by atoms with Crippen molar-refractivity contribution < 1.29 is 9.59 Å². The Kier molecular flexibility index (Phi) is 4.39. The van der Waals surface area contributed by atoms with Gasteiger partial charge in [0.25, 0.3) is 5.91 Å². The molecule has 0 aliphatic carbocycles. The molecule has 0 spiro atoms. The third-order valence-electron chi connectivity index (χ3n) is 5.57. The molecule has 0 saturated heterocycles. The summed E-state index contributed by atoms with van der Waals surface area (Å²) >= 11 is 0. The molecule has 1 aliphatic rings. The van der Waals surface area contributed by atoms with Crippen LogP contribution in [0.2, 0.25) is 0 Å². The van der Waals surface area contributed by atoms with Crippen LogP contribution >= 0.6 is 0 Å². The number of pyridine rings is 1. The Bertz CT molecular complexity index is 1260. The predicted molar refractivity (Wildman–Crippen MR) is 114 cm³/mol. The van der Waals surface area contributed by atoms with Crippen LogP contribution in [0, 0.1) is 0 Å². The van der Waals surface area contributed by atoms with Gasteiger partial charge in [-0.25, -0.2) is 4.98 Å². The van der Waals surface area contributed by atoms with E-state index in [1.165, 1.54) is 0 Å². The summed E-state index contributed by atoms with van der Waals surface area (Å²) in [6, 6.07) is 16.8. The van der Waals surface area contributed by atoms with E-state index in [1.54, 1.807) is 12.4 Å². The number of hydrogen-bond donors (Lipinski definition) is 1. The minimum Gasteiger partial charge on any atom is -0.345 e. The molecule has 6 heteroatoms. The molecule has 148 valence electrons. The van der Waals surface area contributed by atoms with Gasteiger partial charge in [-0.2, -0.15) is 0 Å². The van der Waals surface area contributed by atoms with Crippen LogP contribution in [-0.2, 0) is 6.54 Å². The second-order valence-electron chi connectivity index (χ2n) is 7.49. The number of imidazole rings is 1. The molecule has 2 aromatic carbocycles. The van der Waals surface area contributed by atoms with Gasteiger partial charge in [0.2, 0.25) is 0 Å². The number of carbonyl (C=O) groups is 2. The van der Waals surface area contributed by atoms with Crippen LogP contribution in [0.3, 0.4) is 0 Å². The molecule has 1 N–H and O–H groups in total. The summed E-state index contributed by atoms with van der Waals surface area (Å²) in [5.74, 6) is 0.843. The largest absolute Gasteiger partial charge is 0.345 e. The molecule has 1 amide bonds. The Morgan fingerprint density at radius 3 is 2.70 bits per heavy atom. The van der Waals surface area contributed by atoms with E-state index in [4.69, 9.17) is 4.98 Å². The van der Waals surface area contributed by atoms with Crippen molar-refractivity contribution in [3.63, 3.8) is 0 Å². The molecule has 6 nitrogen and oxygen atoms in total. The highest BCUT2D eigenvalue weighted by molar-refractivity contribution is 6.08. The minimum atomic E-state index is -0.139. The van der Waals surface area contributed by atoms with E-state index in [9.17, 15) is 9.59 Å². The van der Waals surface area contributed by atoms with Crippen molar-refractivity contribution >= 4 is 22.7 Å². The molecule has 0 fully saturated rings. The van der Waals surface area contributed by atoms with Gasteiger partial charge in [-0.1, -0.05) is 24.3 Å². The van der Waals surface area contributed by atoms with Gasteiger partial charge in [-0.3, -0.25) is 14.6 Å². The van der Waals surface area contributed by atoms with Gasteiger partial charge in [-0.15, -0.1) is 0 Å². The predicted octanol–water partition coefficient (Wildman–Crippen LogP) is 4.18. The van der Waals surface area contributed by atoms with E-state index in [0.717, 1.165) is 33.5 Å². The number of benzene rings is 2. The van der Waals surface area contributed by atoms with Crippen LogP contribution in [0.4, 0.5) is 0 Å². The molecule has 1 atom stereocenters. The number of para-hydroxylation sites is 1. The number of aryl methyl sites for hydroxylation is 1. The molecule has 1 aliphatic heterocycles. The van der Waals surface area contributed by atoms with Crippen molar-refractivity contribution in [1.82, 2.24) is 19.9 Å². The summed E-state index contributed by atoms with van der Waals surface area (Å²) in [6.45, 7) is 2.55. The fraction of sp³-hybridized carbons (Fsp3) is 0.167. The van der Waals surface area contributed by atoms with Crippen molar-refractivity contribution in [1.29, 1.82) is 0 Å². The van der Waals surface area contributed by atoms with Gasteiger partial charge < -0.3 is 9.88 Å². The molecule has 2 aromatic heterocycles. The summed E-state index contributed by atoms with van der Waals surface area (Å²) in [5, 5.41) is 3.00. The first-order valence-electron chi connectivity index (χ1n) is 9.95. The summed E-state index contributed by atoms with van der Waals surface area (Å²) in [7, 11) is 0. The van der Waals surface area contributed by atoms with Gasteiger partial charge in [0.05, 0.1) is 17.1 Å². The highest BCUT2D eigenvalue weighted by Gasteiger charge is 2.23. The number of carbonyl (C=O) groups excluding carboxylic acids is 2. The molecule has 4 aromatic rings. The molecule has 1 unspecified atom stereocenters. The summed E-state index contributed by atoms with van der Waals surface area (Å²) in [5.41, 5.74) is 4.91. The van der Waals surface area contributed by atoms with Gasteiger partial charge in [0.1, 0.15) is 5.82 Å². The third-order valence-corrected chi connectivity index (χ3v) is 5.57. The zero-order valence-corrected chi connectivity index (χ0v) is 16.5. The molecule has 3 heterocycles. The maximum absolute atomic E-state index is 12.6. The standard InChI is InChI=1S/C24H20N4O2/c1-15(18-4-3-12-25-14-18)26-24(30)17-9-7-16(8-10-17)23-27-20-6-2-5-19-21(29)11-13-28(23)22(19)20/h2-10,12,14-15H,11,13H2,1H3,(H,26,30). The van der Waals surface area contributed by atoms with E-state index in [1.807, 2.05) is 61.5 Å². The van der Waals surface area contributed by atoms with E-state index >= 15 is 0 Å². The maximum atomic E-state index is 12.6. The first-order chi connectivity index (χ1) is 14.6. The number of Topliss-reactive ketones (excluding diaryl/α,β-unsaturated/α-hetero) is 1. The summed E-state index contributed by atoms with van der Waals surface area (Å²) < 4.78 is 2.10. The normalized spacial score (nSPS) is 14.0. The minimum absolute atomic E-state index is 0.135. The zero-order valence-electron chi connectivity index (χ0n) is 16.5. The second kappa shape index (κ2) is 7.22. The lowest BCUT2D eigenvalue weighted by molar-refractivity contribution is 0.0938. The first kappa shape index (κ1) is 18.2. The van der Waals surface area contributed by atoms with Crippen LogP contribution < -0.4 is 5.32 Å². The molecular weight excluding hydrogens is 376 g/mol. The highest BCUT2D eigenvalue weighted by Crippen LogP contribution is 2.31. The number of hydrogen-bond acceptors (Lipinski definition) is 4. The van der Waals surface area contributed by atoms with E-state index in [2.05, 4.69) is 14.9 Å². The summed E-state index contributed by atoms with van der Waals surface area (Å²) in [4.78, 5) is 33.7. The van der Waals surface area contributed by atoms with Crippen LogP contribution in [-0.4, -0.2) is 26.2 Å². The Morgan fingerprint density at radius 2 is 1.93 bits per heavy atom. The van der Waals surface area contributed by atoms with E-state index in [-0.39, 0.29) is 17.7 Å². The average molecular weight is 396 g/mol. The number of ketones is 1. The highest BCUT2D eigenvalue weighted by atomic mass is 16.1. The lowest BCUT2D eigenvalue weighted by atomic mass is 10.0. The fourth-order valence-corrected chi connectivity index (χ4v) is 3.96. The van der Waals surface area contributed by atoms with Crippen molar-refractivity contribution in [3.8, 4) is 11.4 Å². The number of nitrogens with one attached hydrogen (secondary N) is 1. The van der Waals surface area contributed by atoms with E-state index < -0.39 is 0 Å². The van der Waals surface area contributed by atoms with Crippen molar-refractivity contribution in [2.75, 3.05) is 0 Å². The quantitative estimate of drug-likeness (QED) is 0.562. The smallest absolute Gasteiger partial charge is 0.251 e. The van der Waals surface area contributed by atoms with Crippen molar-refractivity contribution in [2.45, 2.75) is 25.9 Å². The first-order valence-corrected chi connectivity index (χ1v) is 9.95. The van der Waals surface area contributed by atoms with E-state index in [0.29, 0.717) is 18.5 Å². The van der Waals surface area contributed by atoms with Crippen molar-refractivity contribution in [3.05, 3.63) is 83.7 Å². The zero-order chi connectivity index (χ0) is 20.7. The van der Waals surface area contributed by atoms with Crippen molar-refractivity contribution in [2.24, 2.45) is 0 Å². The Hall–Kier alpha value is -3.80. The second-order valence-corrected chi connectivity index (χ2v) is 7.49. The van der Waals surface area contributed by atoms with Gasteiger partial charge in [-0.05, 0) is 42.8 Å². The molecule has 30 heavy (non-hydrogen) atoms. The monoisotopic (exact) mass is 396 g/mol. The van der Waals surface area contributed by atoms with Gasteiger partial charge in [0, 0.05) is 42.0 Å². The maximum Gasteiger partial charge on any atom is 0.251 e. The summed E-state index contributed by atoms with van der Waals surface area (Å²) in [6.07, 6.45) is 3.94. The number of amides is 1. The van der Waals surface area contributed by atoms with Crippen LogP contribution in [0.25, 0.3) is 22.4 Å². The lowest BCUT2D eigenvalue weighted by Gasteiger charge is -2.16. The number of aromatic nitrogens is 3. The van der Waals surface area contributed by atoms with Gasteiger partial charge in [0.15, 0.2) is 5.78 Å². The molecule has 0 radical (unpaired) electrons. The van der Waals surface area contributed by atoms with Crippen LogP contribution in [0.5, 0.6) is 0 Å². The Labute approximate surface area is 173 Å². The van der Waals surface area contributed by atoms with Crippen LogP contribution in [0.15, 0.2) is 67.0 Å². The Morgan fingerprint density at radius 1 is 1.10 bits per heavy atom. The topological polar surface area (TPSA) is 76.9 Å². The SMILES string of the molecule is CC(NC(=O)c1ccc(-c2nc3cccc4c3n2CCC4=O)cc1)c1cccnc1. The molecule has 0 saturated carbocycles. The Balaban J connectivity index is 1.42. The van der Waals surface area contributed by atoms with Gasteiger partial charge >= 0.3 is 0 Å². The average Bonchev–Trinajstić information content (AvgIpc) is 3.17. The number of nitrogens with zero attached hydrogens (tertiary/aromatic N) is 3. The molecule has 5 rings (SSSR count). The molecular formula is C24H20N4O2. The lowest BCUT2D eigenvalue weighted by Crippen LogP contribution is -2.26.